The molecule has 0 saturated heterocycles. The number of hydrogen-bond donors (Lipinski definition) is 0. The zero-order chi connectivity index (χ0) is 73.7. The Bertz CT molecular complexity index is 4690. The Morgan fingerprint density at radius 2 is 0.677 bits per heavy atom. The maximum Gasteiger partial charge on any atom is 0.215 e. The molecule has 0 saturated carbocycles. The van der Waals surface area contributed by atoms with Crippen molar-refractivity contribution in [3.8, 4) is 67.5 Å². The van der Waals surface area contributed by atoms with Crippen molar-refractivity contribution >= 4 is 0 Å². The van der Waals surface area contributed by atoms with Crippen LogP contribution in [-0.4, -0.2) is 0 Å². The number of benzene rings is 6. The van der Waals surface area contributed by atoms with Crippen LogP contribution in [0.2, 0.25) is 0 Å². The molecule has 6 nitrogen and oxygen atoms in total. The summed E-state index contributed by atoms with van der Waals surface area (Å²) in [6.45, 7) is 32.3. The SMILES string of the molecule is CCc1cc[n+](C)c(-c2ccccc2C)c1.CCc1ccc[n+](C)c1-c1ccccc1C.Cc1ccccc1-c1c(C(C)C)ccc[n+]1C.Cc1ccccc1-c1cc(C(C)C)cc[n+]1C.Cc1ccccc1-c1ccc(C(C)C)c[n+]1C.[2H]C([2H])(C)c1ccc(-c2ccccc2C)[n+](C)c1. The van der Waals surface area contributed by atoms with Crippen LogP contribution in [0.5, 0.6) is 0 Å². The van der Waals surface area contributed by atoms with E-state index in [0.29, 0.717) is 23.3 Å². The molecular weight excluding hydrogens is 1200 g/mol. The fourth-order valence-electron chi connectivity index (χ4n) is 12.5. The van der Waals surface area contributed by atoms with Gasteiger partial charge in [-0.3, -0.25) is 0 Å². The third kappa shape index (κ3) is 20.6. The fraction of sp³-hybridized carbons (Fsp3) is 0.290. The van der Waals surface area contributed by atoms with Crippen molar-refractivity contribution in [1.29, 1.82) is 0 Å². The normalized spacial score (nSPS) is 11.1. The zero-order valence-corrected chi connectivity index (χ0v) is 63.6. The molecule has 0 radical (unpaired) electrons. The van der Waals surface area contributed by atoms with E-state index in [9.17, 15) is 0 Å². The molecule has 510 valence electrons. The minimum absolute atomic E-state index is 0.539. The van der Waals surface area contributed by atoms with Crippen LogP contribution in [0.25, 0.3) is 67.5 Å². The number of aromatic nitrogens is 6. The highest BCUT2D eigenvalue weighted by atomic mass is 14.9. The van der Waals surface area contributed by atoms with E-state index in [0.717, 1.165) is 18.5 Å². The molecule has 0 N–H and O–H groups in total. The predicted molar refractivity (Wildman–Crippen MR) is 417 cm³/mol. The first kappa shape index (κ1) is 73.5. The summed E-state index contributed by atoms with van der Waals surface area (Å²) in [5, 5.41) is 0. The second-order valence-corrected chi connectivity index (χ2v) is 27.1. The van der Waals surface area contributed by atoms with E-state index in [1.807, 2.05) is 42.1 Å². The van der Waals surface area contributed by atoms with E-state index >= 15 is 0 Å². The van der Waals surface area contributed by atoms with Crippen molar-refractivity contribution in [2.45, 2.75) is 141 Å². The van der Waals surface area contributed by atoms with Crippen molar-refractivity contribution in [1.82, 2.24) is 0 Å². The Hall–Kier alpha value is -9.78. The molecule has 0 fully saturated rings. The lowest BCUT2D eigenvalue weighted by molar-refractivity contribution is -0.661. The van der Waals surface area contributed by atoms with Crippen molar-refractivity contribution in [2.24, 2.45) is 42.3 Å². The molecule has 6 aromatic carbocycles. The molecule has 0 bridgehead atoms. The van der Waals surface area contributed by atoms with Gasteiger partial charge in [-0.05, 0) is 184 Å². The molecule has 6 aromatic heterocycles. The first-order valence-corrected chi connectivity index (χ1v) is 35.4. The van der Waals surface area contributed by atoms with Gasteiger partial charge in [0.25, 0.3) is 0 Å². The molecule has 99 heavy (non-hydrogen) atoms. The van der Waals surface area contributed by atoms with Crippen LogP contribution in [-0.2, 0) is 61.5 Å². The number of hydrogen-bond acceptors (Lipinski definition) is 0. The van der Waals surface area contributed by atoms with Crippen LogP contribution in [0.15, 0.2) is 256 Å². The fourth-order valence-corrected chi connectivity index (χ4v) is 12.5. The number of pyridine rings is 6. The third-order valence-corrected chi connectivity index (χ3v) is 18.7. The number of rotatable bonds is 12. The monoisotopic (exact) mass is 1320 g/mol. The standard InChI is InChI=1S/3C16H20N.3C15H18N/c1-12(2)14-10-7-11-17(4)16(14)15-9-6-5-8-13(15)3;1-12(2)14-9-10-17(4)16(11-14)15-8-6-5-7-13(15)3;1-12(2)14-9-10-16(17(4)11-14)15-8-6-5-7-13(15)3;1-4-13-9-7-11-16(3)15(13)14-10-6-5-8-12(14)2;1-4-13-9-10-16(3)15(11-13)14-8-6-5-7-12(14)2;1-4-13-9-10-15(16(3)11-13)14-8-6-5-7-12(14)2/h3*5-12H,1-4H3;3*5-11H,4H2,1-3H3/q6*+1/i;;;;;4D2. The number of nitrogens with zero attached hydrogens (tertiary/aromatic N) is 6. The summed E-state index contributed by atoms with van der Waals surface area (Å²) < 4.78 is 28.5. The first-order valence-electron chi connectivity index (χ1n) is 36.4. The maximum absolute atomic E-state index is 7.74. The summed E-state index contributed by atoms with van der Waals surface area (Å²) in [7, 11) is 12.5. The van der Waals surface area contributed by atoms with Gasteiger partial charge in [0.15, 0.2) is 37.2 Å². The van der Waals surface area contributed by atoms with Crippen molar-refractivity contribution in [3.63, 3.8) is 0 Å². The second-order valence-electron chi connectivity index (χ2n) is 27.1. The van der Waals surface area contributed by atoms with Crippen LogP contribution in [0.1, 0.15) is 150 Å². The van der Waals surface area contributed by atoms with Gasteiger partial charge in [0, 0.05) is 107 Å². The molecule has 0 amide bonds. The molecule has 12 rings (SSSR count). The van der Waals surface area contributed by atoms with Gasteiger partial charge in [-0.2, -0.15) is 0 Å². The smallest absolute Gasteiger partial charge is 0.201 e. The second kappa shape index (κ2) is 37.3. The summed E-state index contributed by atoms with van der Waals surface area (Å²) in [4.78, 5) is 0. The molecule has 6 heteroatoms. The molecule has 0 aliphatic heterocycles. The van der Waals surface area contributed by atoms with Gasteiger partial charge in [0.2, 0.25) is 34.2 Å². The van der Waals surface area contributed by atoms with Crippen LogP contribution >= 0.6 is 0 Å². The quantitative estimate of drug-likeness (QED) is 0.109. The summed E-state index contributed by atoms with van der Waals surface area (Å²) >= 11 is 0. The van der Waals surface area contributed by atoms with Gasteiger partial charge in [-0.1, -0.05) is 172 Å². The average molecular weight is 1320 g/mol. The summed E-state index contributed by atoms with van der Waals surface area (Å²) in [5.74, 6) is 1.68. The lowest BCUT2D eigenvalue weighted by atomic mass is 9.94. The molecule has 0 spiro atoms. The highest BCUT2D eigenvalue weighted by Gasteiger charge is 2.21. The van der Waals surface area contributed by atoms with Gasteiger partial charge in [-0.15, -0.1) is 0 Å². The Balaban J connectivity index is 0.000000170. The van der Waals surface area contributed by atoms with Crippen LogP contribution in [0.3, 0.4) is 0 Å². The molecule has 0 unspecified atom stereocenters. The van der Waals surface area contributed by atoms with E-state index < -0.39 is 6.37 Å². The van der Waals surface area contributed by atoms with Gasteiger partial charge >= 0.3 is 0 Å². The Labute approximate surface area is 599 Å². The Kier molecular flexibility index (Phi) is 27.6. The molecule has 6 heterocycles. The Morgan fingerprint density at radius 1 is 0.293 bits per heavy atom. The van der Waals surface area contributed by atoms with Crippen molar-refractivity contribution in [2.75, 3.05) is 0 Å². The van der Waals surface area contributed by atoms with E-state index in [4.69, 9.17) is 2.74 Å². The van der Waals surface area contributed by atoms with Crippen LogP contribution in [0.4, 0.5) is 0 Å². The van der Waals surface area contributed by atoms with Gasteiger partial charge in [-0.25, -0.2) is 27.4 Å². The Morgan fingerprint density at radius 3 is 1.08 bits per heavy atom. The highest BCUT2D eigenvalue weighted by molar-refractivity contribution is 5.67. The third-order valence-electron chi connectivity index (χ3n) is 18.7. The summed E-state index contributed by atoms with van der Waals surface area (Å²) in [6, 6.07) is 76.9. The topological polar surface area (TPSA) is 23.3 Å². The summed E-state index contributed by atoms with van der Waals surface area (Å²) in [6.07, 6.45) is 13.5. The van der Waals surface area contributed by atoms with E-state index in [1.54, 1.807) is 6.92 Å². The molecule has 12 aromatic rings. The van der Waals surface area contributed by atoms with Crippen molar-refractivity contribution < 1.29 is 30.1 Å². The molecule has 0 atom stereocenters. The van der Waals surface area contributed by atoms with Crippen LogP contribution in [0, 0.1) is 41.5 Å². The first-order chi connectivity index (χ1) is 48.1. The number of aryl methyl sites for hydroxylation is 15. The summed E-state index contributed by atoms with van der Waals surface area (Å²) in [5.41, 5.74) is 30.9. The van der Waals surface area contributed by atoms with E-state index in [1.165, 1.54) is 123 Å². The molecular formula is C93H114N6+6. The minimum atomic E-state index is -1.30. The lowest BCUT2D eigenvalue weighted by Crippen LogP contribution is -2.32. The zero-order valence-electron chi connectivity index (χ0n) is 65.6. The van der Waals surface area contributed by atoms with Crippen LogP contribution < -0.4 is 27.4 Å². The van der Waals surface area contributed by atoms with Gasteiger partial charge < -0.3 is 0 Å². The van der Waals surface area contributed by atoms with E-state index in [-0.39, 0.29) is 0 Å². The van der Waals surface area contributed by atoms with Crippen molar-refractivity contribution in [3.05, 3.63) is 322 Å². The van der Waals surface area contributed by atoms with Gasteiger partial charge in [0.05, 0.1) is 0 Å². The lowest BCUT2D eigenvalue weighted by Gasteiger charge is -2.11. The predicted octanol–water partition coefficient (Wildman–Crippen LogP) is 20.0. The van der Waals surface area contributed by atoms with Gasteiger partial charge in [0.1, 0.15) is 42.3 Å². The van der Waals surface area contributed by atoms with E-state index in [2.05, 4.69) is 380 Å². The minimum Gasteiger partial charge on any atom is -0.201 e. The molecule has 0 aliphatic carbocycles. The highest BCUT2D eigenvalue weighted by Crippen LogP contribution is 2.30. The largest absolute Gasteiger partial charge is 0.215 e. The molecule has 0 aliphatic rings. The average Bonchev–Trinajstić information content (AvgIpc) is 0.831. The maximum atomic E-state index is 7.74.